The number of fused-ring (bicyclic) bond motifs is 5. The second kappa shape index (κ2) is 7.93. The Morgan fingerprint density at radius 1 is 1.03 bits per heavy atom. The SMILES string of the molecule is Cc1ccc(COc2cc(N(C)C)ccc2C=NN2C(=O)C3C4C=CC(C4)C3C2=O)cc1. The predicted molar refractivity (Wildman–Crippen MR) is 123 cm³/mol. The third kappa shape index (κ3) is 3.49. The summed E-state index contributed by atoms with van der Waals surface area (Å²) in [5.74, 6) is 0.150. The zero-order valence-corrected chi connectivity index (χ0v) is 18.6. The summed E-state index contributed by atoms with van der Waals surface area (Å²) < 4.78 is 6.13. The summed E-state index contributed by atoms with van der Waals surface area (Å²) in [5.41, 5.74) is 3.98. The highest BCUT2D eigenvalue weighted by Gasteiger charge is 2.59. The van der Waals surface area contributed by atoms with Crippen molar-refractivity contribution in [3.05, 3.63) is 71.3 Å². The van der Waals surface area contributed by atoms with Gasteiger partial charge in [0.15, 0.2) is 0 Å². The van der Waals surface area contributed by atoms with E-state index in [-0.39, 0.29) is 35.5 Å². The van der Waals surface area contributed by atoms with E-state index in [0.717, 1.165) is 28.2 Å². The molecule has 1 aliphatic heterocycles. The quantitative estimate of drug-likeness (QED) is 0.398. The van der Waals surface area contributed by atoms with Crippen LogP contribution < -0.4 is 9.64 Å². The molecular weight excluding hydrogens is 402 g/mol. The van der Waals surface area contributed by atoms with Crippen molar-refractivity contribution in [1.29, 1.82) is 0 Å². The second-order valence-electron chi connectivity index (χ2n) is 9.12. The van der Waals surface area contributed by atoms with Gasteiger partial charge in [-0.2, -0.15) is 10.1 Å². The van der Waals surface area contributed by atoms with Gasteiger partial charge in [-0.05, 0) is 42.9 Å². The van der Waals surface area contributed by atoms with Crippen LogP contribution in [-0.2, 0) is 16.2 Å². The Morgan fingerprint density at radius 3 is 2.31 bits per heavy atom. The first-order chi connectivity index (χ1) is 15.4. The molecule has 0 aromatic heterocycles. The predicted octanol–water partition coefficient (Wildman–Crippen LogP) is 3.78. The van der Waals surface area contributed by atoms with Crippen LogP contribution in [0.4, 0.5) is 5.69 Å². The minimum atomic E-state index is -0.247. The van der Waals surface area contributed by atoms with E-state index in [1.807, 2.05) is 49.3 Å². The van der Waals surface area contributed by atoms with Crippen molar-refractivity contribution in [3.8, 4) is 5.75 Å². The summed E-state index contributed by atoms with van der Waals surface area (Å²) in [6.45, 7) is 2.47. The molecule has 164 valence electrons. The van der Waals surface area contributed by atoms with E-state index < -0.39 is 0 Å². The van der Waals surface area contributed by atoms with Gasteiger partial charge in [-0.1, -0.05) is 42.0 Å². The molecule has 0 radical (unpaired) electrons. The fourth-order valence-corrected chi connectivity index (χ4v) is 5.00. The first kappa shape index (κ1) is 20.5. The third-order valence-corrected chi connectivity index (χ3v) is 6.79. The van der Waals surface area contributed by atoms with Gasteiger partial charge < -0.3 is 9.64 Å². The number of imide groups is 1. The molecule has 6 heteroatoms. The number of hydrazone groups is 1. The average Bonchev–Trinajstić information content (AvgIpc) is 3.46. The Morgan fingerprint density at radius 2 is 1.69 bits per heavy atom. The summed E-state index contributed by atoms with van der Waals surface area (Å²) >= 11 is 0. The van der Waals surface area contributed by atoms with Crippen LogP contribution in [0.5, 0.6) is 5.75 Å². The maximum Gasteiger partial charge on any atom is 0.254 e. The topological polar surface area (TPSA) is 62.2 Å². The first-order valence-electron chi connectivity index (χ1n) is 11.0. The van der Waals surface area contributed by atoms with E-state index in [1.165, 1.54) is 5.56 Å². The van der Waals surface area contributed by atoms with Crippen LogP contribution in [0.2, 0.25) is 0 Å². The Hall–Kier alpha value is -3.41. The summed E-state index contributed by atoms with van der Waals surface area (Å²) in [7, 11) is 3.94. The number of allylic oxidation sites excluding steroid dienone is 2. The molecule has 0 spiro atoms. The molecule has 3 aliphatic rings. The number of aryl methyl sites for hydroxylation is 1. The molecule has 4 unspecified atom stereocenters. The summed E-state index contributed by atoms with van der Waals surface area (Å²) in [4.78, 5) is 27.8. The monoisotopic (exact) mass is 429 g/mol. The van der Waals surface area contributed by atoms with E-state index in [0.29, 0.717) is 12.4 Å². The number of carbonyl (C=O) groups is 2. The van der Waals surface area contributed by atoms with Crippen molar-refractivity contribution >= 4 is 23.7 Å². The number of benzene rings is 2. The zero-order valence-electron chi connectivity index (χ0n) is 18.6. The van der Waals surface area contributed by atoms with Crippen LogP contribution in [0.15, 0.2) is 59.7 Å². The number of carbonyl (C=O) groups excluding carboxylic acids is 2. The molecule has 1 saturated carbocycles. The molecule has 2 fully saturated rings. The van der Waals surface area contributed by atoms with Crippen LogP contribution in [0.1, 0.15) is 23.1 Å². The van der Waals surface area contributed by atoms with Gasteiger partial charge in [0, 0.05) is 31.4 Å². The van der Waals surface area contributed by atoms with Crippen LogP contribution in [0.3, 0.4) is 0 Å². The van der Waals surface area contributed by atoms with Gasteiger partial charge in [-0.3, -0.25) is 9.59 Å². The molecule has 2 bridgehead atoms. The molecule has 2 aromatic carbocycles. The van der Waals surface area contributed by atoms with Crippen molar-refractivity contribution in [2.75, 3.05) is 19.0 Å². The summed E-state index contributed by atoms with van der Waals surface area (Å²) in [6, 6.07) is 14.0. The zero-order chi connectivity index (χ0) is 22.4. The van der Waals surface area contributed by atoms with Crippen molar-refractivity contribution < 1.29 is 14.3 Å². The lowest BCUT2D eigenvalue weighted by atomic mass is 9.85. The number of hydrogen-bond donors (Lipinski definition) is 0. The largest absolute Gasteiger partial charge is 0.488 e. The van der Waals surface area contributed by atoms with E-state index >= 15 is 0 Å². The lowest BCUT2D eigenvalue weighted by Crippen LogP contribution is -2.28. The minimum absolute atomic E-state index is 0.175. The van der Waals surface area contributed by atoms with Crippen molar-refractivity contribution in [2.45, 2.75) is 20.0 Å². The van der Waals surface area contributed by atoms with Crippen molar-refractivity contribution in [3.63, 3.8) is 0 Å². The van der Waals surface area contributed by atoms with Gasteiger partial charge in [0.05, 0.1) is 18.1 Å². The average molecular weight is 430 g/mol. The van der Waals surface area contributed by atoms with Gasteiger partial charge in [-0.15, -0.1) is 0 Å². The molecule has 4 atom stereocenters. The summed E-state index contributed by atoms with van der Waals surface area (Å²) in [6.07, 6.45) is 6.64. The van der Waals surface area contributed by atoms with E-state index in [4.69, 9.17) is 4.74 Å². The Balaban J connectivity index is 1.38. The smallest absolute Gasteiger partial charge is 0.254 e. The van der Waals surface area contributed by atoms with Crippen LogP contribution in [0, 0.1) is 30.6 Å². The van der Waals surface area contributed by atoms with Crippen molar-refractivity contribution in [1.82, 2.24) is 5.01 Å². The molecule has 0 N–H and O–H groups in total. The highest BCUT2D eigenvalue weighted by Crippen LogP contribution is 2.52. The number of amides is 2. The van der Waals surface area contributed by atoms with Crippen LogP contribution in [-0.4, -0.2) is 37.1 Å². The fourth-order valence-electron chi connectivity index (χ4n) is 5.00. The highest BCUT2D eigenvalue weighted by atomic mass is 16.5. The Bertz CT molecular complexity index is 1090. The highest BCUT2D eigenvalue weighted by molar-refractivity contribution is 6.07. The molecule has 5 rings (SSSR count). The van der Waals surface area contributed by atoms with E-state index in [1.54, 1.807) is 6.21 Å². The lowest BCUT2D eigenvalue weighted by Gasteiger charge is -2.16. The Kier molecular flexibility index (Phi) is 5.08. The minimum Gasteiger partial charge on any atom is -0.488 e. The molecule has 1 heterocycles. The first-order valence-corrected chi connectivity index (χ1v) is 11.0. The number of hydrogen-bond acceptors (Lipinski definition) is 5. The molecule has 2 aliphatic carbocycles. The standard InChI is InChI=1S/C26H27N3O3/c1-16-4-6-17(7-5-16)15-32-22-13-21(28(2)3)11-10-20(22)14-27-29-25(30)23-18-8-9-19(12-18)24(23)26(29)31/h4-11,13-14,18-19,23-24H,12,15H2,1-3H3. The summed E-state index contributed by atoms with van der Waals surface area (Å²) in [5, 5.41) is 5.40. The van der Waals surface area contributed by atoms with Crippen molar-refractivity contribution in [2.24, 2.45) is 28.8 Å². The number of anilines is 1. The van der Waals surface area contributed by atoms with Crippen LogP contribution >= 0.6 is 0 Å². The lowest BCUT2D eigenvalue weighted by molar-refractivity contribution is -0.140. The fraction of sp³-hybridized carbons (Fsp3) is 0.346. The van der Waals surface area contributed by atoms with Gasteiger partial charge in [-0.25, -0.2) is 0 Å². The van der Waals surface area contributed by atoms with Gasteiger partial charge >= 0.3 is 0 Å². The van der Waals surface area contributed by atoms with Crippen LogP contribution in [0.25, 0.3) is 0 Å². The van der Waals surface area contributed by atoms with Gasteiger partial charge in [0.1, 0.15) is 12.4 Å². The molecule has 2 aromatic rings. The Labute approximate surface area is 188 Å². The second-order valence-corrected chi connectivity index (χ2v) is 9.12. The molecule has 1 saturated heterocycles. The van der Waals surface area contributed by atoms with Gasteiger partial charge in [0.25, 0.3) is 11.8 Å². The number of rotatable bonds is 6. The normalized spacial score (nSPS) is 25.8. The van der Waals surface area contributed by atoms with E-state index in [2.05, 4.69) is 36.3 Å². The van der Waals surface area contributed by atoms with E-state index in [9.17, 15) is 9.59 Å². The maximum absolute atomic E-state index is 12.9. The molecular formula is C26H27N3O3. The van der Waals surface area contributed by atoms with Gasteiger partial charge in [0.2, 0.25) is 0 Å². The number of ether oxygens (including phenoxy) is 1. The molecule has 6 nitrogen and oxygen atoms in total. The third-order valence-electron chi connectivity index (χ3n) is 6.79. The molecule has 2 amide bonds. The maximum atomic E-state index is 12.9. The number of nitrogens with zero attached hydrogens (tertiary/aromatic N) is 3. The molecule has 32 heavy (non-hydrogen) atoms.